The Morgan fingerprint density at radius 2 is 1.73 bits per heavy atom. The summed E-state index contributed by atoms with van der Waals surface area (Å²) in [5.74, 6) is 0. The first-order chi connectivity index (χ1) is 10.3. The second kappa shape index (κ2) is 6.81. The van der Waals surface area contributed by atoms with Crippen LogP contribution in [0.5, 0.6) is 0 Å². The Hall–Kier alpha value is -1.37. The van der Waals surface area contributed by atoms with Crippen LogP contribution in [-0.2, 0) is 4.74 Å². The quantitative estimate of drug-likeness (QED) is 0.576. The number of nitrogens with zero attached hydrogens (tertiary/aromatic N) is 3. The van der Waals surface area contributed by atoms with Gasteiger partial charge in [-0.1, -0.05) is 6.42 Å². The molecule has 2 aliphatic rings. The number of ether oxygens (including phenoxy) is 1. The second-order valence-electron chi connectivity index (χ2n) is 7.21. The third kappa shape index (κ3) is 4.32. The van der Waals surface area contributed by atoms with Gasteiger partial charge in [-0.05, 0) is 33.6 Å². The third-order valence-corrected chi connectivity index (χ3v) is 4.40. The Kier molecular flexibility index (Phi) is 5.26. The maximum absolute atomic E-state index is 12.0. The minimum atomic E-state index is -0.492. The number of nitro groups is 1. The fourth-order valence-corrected chi connectivity index (χ4v) is 3.33. The maximum Gasteiger partial charge on any atom is 0.410 e. The molecule has 1 amide bonds. The van der Waals surface area contributed by atoms with Crippen LogP contribution in [0.1, 0.15) is 46.5 Å². The van der Waals surface area contributed by atoms with Gasteiger partial charge in [-0.2, -0.15) is 0 Å². The van der Waals surface area contributed by atoms with Gasteiger partial charge in [-0.25, -0.2) is 4.79 Å². The minimum absolute atomic E-state index is 0.0181. The molecule has 1 aliphatic heterocycles. The first kappa shape index (κ1) is 17.0. The highest BCUT2D eigenvalue weighted by atomic mass is 16.6. The van der Waals surface area contributed by atoms with Crippen molar-refractivity contribution in [3.63, 3.8) is 0 Å². The molecular formula is C15H27N3O4. The Bertz CT molecular complexity index is 414. The summed E-state index contributed by atoms with van der Waals surface area (Å²) in [5.41, 5.74) is -0.492. The molecule has 2 fully saturated rings. The molecule has 0 bridgehead atoms. The molecule has 7 heteroatoms. The fraction of sp³-hybridized carbons (Fsp3) is 0.933. The first-order valence-corrected chi connectivity index (χ1v) is 8.13. The number of hydrogen-bond acceptors (Lipinski definition) is 5. The molecule has 1 heterocycles. The summed E-state index contributed by atoms with van der Waals surface area (Å²) in [7, 11) is 0. The number of carbonyl (C=O) groups excluding carboxylic acids is 1. The van der Waals surface area contributed by atoms with Crippen molar-refractivity contribution in [1.82, 2.24) is 9.80 Å². The molecule has 2 atom stereocenters. The van der Waals surface area contributed by atoms with E-state index in [1.54, 1.807) is 4.90 Å². The van der Waals surface area contributed by atoms with Crippen molar-refractivity contribution in [3.05, 3.63) is 10.1 Å². The predicted molar refractivity (Wildman–Crippen MR) is 82.4 cm³/mol. The summed E-state index contributed by atoms with van der Waals surface area (Å²) in [6.45, 7) is 8.09. The molecule has 0 N–H and O–H groups in total. The summed E-state index contributed by atoms with van der Waals surface area (Å²) >= 11 is 0. The Balaban J connectivity index is 1.88. The summed E-state index contributed by atoms with van der Waals surface area (Å²) in [6.07, 6.45) is 3.27. The molecule has 0 aromatic carbocycles. The summed E-state index contributed by atoms with van der Waals surface area (Å²) < 4.78 is 5.38. The van der Waals surface area contributed by atoms with Gasteiger partial charge in [0.05, 0.1) is 6.04 Å². The molecule has 7 nitrogen and oxygen atoms in total. The van der Waals surface area contributed by atoms with Crippen molar-refractivity contribution in [2.75, 3.05) is 26.2 Å². The highest BCUT2D eigenvalue weighted by Crippen LogP contribution is 2.26. The van der Waals surface area contributed by atoms with Gasteiger partial charge in [0.1, 0.15) is 5.60 Å². The number of amides is 1. The molecule has 1 saturated carbocycles. The highest BCUT2D eigenvalue weighted by molar-refractivity contribution is 5.68. The van der Waals surface area contributed by atoms with Crippen LogP contribution >= 0.6 is 0 Å². The molecule has 0 radical (unpaired) electrons. The zero-order valence-corrected chi connectivity index (χ0v) is 13.8. The number of carbonyl (C=O) groups is 1. The van der Waals surface area contributed by atoms with E-state index in [9.17, 15) is 14.9 Å². The molecule has 0 aromatic rings. The van der Waals surface area contributed by atoms with Crippen LogP contribution in [0, 0.1) is 10.1 Å². The monoisotopic (exact) mass is 313 g/mol. The van der Waals surface area contributed by atoms with Crippen LogP contribution in [0.2, 0.25) is 0 Å². The van der Waals surface area contributed by atoms with Crippen molar-refractivity contribution in [3.8, 4) is 0 Å². The molecule has 1 saturated heterocycles. The maximum atomic E-state index is 12.0. The van der Waals surface area contributed by atoms with Crippen molar-refractivity contribution in [2.45, 2.75) is 64.1 Å². The molecule has 2 rings (SSSR count). The highest BCUT2D eigenvalue weighted by Gasteiger charge is 2.39. The Morgan fingerprint density at radius 1 is 1.14 bits per heavy atom. The van der Waals surface area contributed by atoms with Gasteiger partial charge >= 0.3 is 6.09 Å². The van der Waals surface area contributed by atoms with Crippen LogP contribution in [0.3, 0.4) is 0 Å². The van der Waals surface area contributed by atoms with Crippen molar-refractivity contribution in [2.24, 2.45) is 0 Å². The van der Waals surface area contributed by atoms with E-state index >= 15 is 0 Å². The van der Waals surface area contributed by atoms with Gasteiger partial charge in [-0.15, -0.1) is 0 Å². The van der Waals surface area contributed by atoms with E-state index in [0.29, 0.717) is 32.6 Å². The Morgan fingerprint density at radius 3 is 2.27 bits per heavy atom. The Labute approximate surface area is 131 Å². The lowest BCUT2D eigenvalue weighted by Gasteiger charge is -2.41. The van der Waals surface area contributed by atoms with Gasteiger partial charge in [0.2, 0.25) is 6.04 Å². The zero-order chi connectivity index (χ0) is 16.3. The number of hydrogen-bond donors (Lipinski definition) is 0. The number of rotatable bonds is 2. The smallest absolute Gasteiger partial charge is 0.410 e. The molecule has 126 valence electrons. The number of piperazine rings is 1. The predicted octanol–water partition coefficient (Wildman–Crippen LogP) is 2.13. The lowest BCUT2D eigenvalue weighted by Crippen LogP contribution is -2.57. The van der Waals surface area contributed by atoms with Gasteiger partial charge in [0.15, 0.2) is 0 Å². The normalized spacial score (nSPS) is 27.5. The third-order valence-electron chi connectivity index (χ3n) is 4.40. The van der Waals surface area contributed by atoms with E-state index in [-0.39, 0.29) is 17.1 Å². The molecule has 22 heavy (non-hydrogen) atoms. The molecule has 1 aliphatic carbocycles. The lowest BCUT2D eigenvalue weighted by atomic mass is 9.89. The average Bonchev–Trinajstić information content (AvgIpc) is 2.45. The topological polar surface area (TPSA) is 75.9 Å². The van der Waals surface area contributed by atoms with Gasteiger partial charge in [0, 0.05) is 37.5 Å². The molecule has 0 spiro atoms. The van der Waals surface area contributed by atoms with Crippen molar-refractivity contribution in [1.29, 1.82) is 0 Å². The van der Waals surface area contributed by atoms with E-state index in [1.807, 2.05) is 20.8 Å². The zero-order valence-electron chi connectivity index (χ0n) is 13.8. The van der Waals surface area contributed by atoms with Gasteiger partial charge in [0.25, 0.3) is 0 Å². The van der Waals surface area contributed by atoms with E-state index in [0.717, 1.165) is 19.3 Å². The molecule has 0 aromatic heterocycles. The fourth-order valence-electron chi connectivity index (χ4n) is 3.33. The van der Waals surface area contributed by atoms with E-state index in [1.165, 1.54) is 0 Å². The van der Waals surface area contributed by atoms with Crippen LogP contribution in [0.4, 0.5) is 4.79 Å². The average molecular weight is 313 g/mol. The molecular weight excluding hydrogens is 286 g/mol. The van der Waals surface area contributed by atoms with Crippen LogP contribution in [0.25, 0.3) is 0 Å². The van der Waals surface area contributed by atoms with E-state index < -0.39 is 11.6 Å². The van der Waals surface area contributed by atoms with Gasteiger partial charge in [-0.3, -0.25) is 15.0 Å². The van der Waals surface area contributed by atoms with Crippen LogP contribution in [0.15, 0.2) is 0 Å². The lowest BCUT2D eigenvalue weighted by molar-refractivity contribution is -0.534. The summed E-state index contributed by atoms with van der Waals surface area (Å²) in [5, 5.41) is 11.2. The SMILES string of the molecule is CC(C)(C)OC(=O)N1CCN([C@H]2CCCC[C@@H]2[N+](=O)[O-])CC1. The second-order valence-corrected chi connectivity index (χ2v) is 7.21. The van der Waals surface area contributed by atoms with Crippen LogP contribution in [-0.4, -0.2) is 64.7 Å². The standard InChI is InChI=1S/C15H27N3O4/c1-15(2,3)22-14(19)17-10-8-16(9-11-17)12-6-4-5-7-13(12)18(20)21/h12-13H,4-11H2,1-3H3/t12-,13-/m0/s1. The van der Waals surface area contributed by atoms with Gasteiger partial charge < -0.3 is 9.64 Å². The minimum Gasteiger partial charge on any atom is -0.444 e. The van der Waals surface area contributed by atoms with Crippen LogP contribution < -0.4 is 0 Å². The summed E-state index contributed by atoms with van der Waals surface area (Å²) in [6, 6.07) is -0.439. The van der Waals surface area contributed by atoms with E-state index in [4.69, 9.17) is 4.74 Å². The van der Waals surface area contributed by atoms with Crippen molar-refractivity contribution >= 4 is 6.09 Å². The molecule has 0 unspecified atom stereocenters. The first-order valence-electron chi connectivity index (χ1n) is 8.13. The summed E-state index contributed by atoms with van der Waals surface area (Å²) in [4.78, 5) is 27.0. The van der Waals surface area contributed by atoms with Crippen molar-refractivity contribution < 1.29 is 14.5 Å². The van der Waals surface area contributed by atoms with E-state index in [2.05, 4.69) is 4.90 Å². The largest absolute Gasteiger partial charge is 0.444 e.